The molecule has 0 bridgehead atoms. The smallest absolute Gasteiger partial charge is 0.315 e. The first kappa shape index (κ1) is 19.8. The van der Waals surface area contributed by atoms with Gasteiger partial charge in [-0.1, -0.05) is 43.2 Å². The minimum Gasteiger partial charge on any atom is -0.368 e. The molecular formula is C19H28N4O3. The number of carbonyl (C=O) groups excluding carboxylic acids is 3. The van der Waals surface area contributed by atoms with E-state index in [0.29, 0.717) is 12.8 Å². The molecule has 5 N–H and O–H groups in total. The molecule has 1 fully saturated rings. The standard InChI is InChI=1S/C19H28N4O3/c1-13-15(23-19(26)21-13)10-6-3-7-11-17(24)22-16(18(20)25)12-14-8-4-2-5-9-14/h2,4-5,8-9,13,15-16H,3,6-7,10-12H2,1H3,(H2,20,25)(H,22,24)(H2,21,23,26)/t13-,15-,16-/m0/s1. The van der Waals surface area contributed by atoms with Crippen molar-refractivity contribution in [2.24, 2.45) is 5.73 Å². The number of hydrogen-bond donors (Lipinski definition) is 4. The number of carbonyl (C=O) groups is 3. The van der Waals surface area contributed by atoms with Crippen molar-refractivity contribution in [1.29, 1.82) is 0 Å². The third-order valence-corrected chi connectivity index (χ3v) is 4.66. The average molecular weight is 360 g/mol. The fourth-order valence-electron chi connectivity index (χ4n) is 3.13. The van der Waals surface area contributed by atoms with Gasteiger partial charge < -0.3 is 21.7 Å². The van der Waals surface area contributed by atoms with Gasteiger partial charge in [0.2, 0.25) is 11.8 Å². The van der Waals surface area contributed by atoms with Gasteiger partial charge in [-0.3, -0.25) is 9.59 Å². The summed E-state index contributed by atoms with van der Waals surface area (Å²) in [6.07, 6.45) is 4.22. The van der Waals surface area contributed by atoms with Crippen LogP contribution in [0, 0.1) is 0 Å². The van der Waals surface area contributed by atoms with E-state index < -0.39 is 11.9 Å². The van der Waals surface area contributed by atoms with Crippen molar-refractivity contribution in [2.75, 3.05) is 0 Å². The largest absolute Gasteiger partial charge is 0.368 e. The van der Waals surface area contributed by atoms with Crippen LogP contribution in [0.15, 0.2) is 30.3 Å². The second-order valence-electron chi connectivity index (χ2n) is 6.82. The highest BCUT2D eigenvalue weighted by Crippen LogP contribution is 2.12. The van der Waals surface area contributed by atoms with Crippen molar-refractivity contribution in [2.45, 2.75) is 63.6 Å². The molecule has 3 atom stereocenters. The van der Waals surface area contributed by atoms with Crippen molar-refractivity contribution in [3.05, 3.63) is 35.9 Å². The van der Waals surface area contributed by atoms with Crippen LogP contribution in [0.25, 0.3) is 0 Å². The molecule has 1 saturated heterocycles. The Kier molecular flexibility index (Phi) is 7.44. The first-order valence-corrected chi connectivity index (χ1v) is 9.15. The van der Waals surface area contributed by atoms with Crippen LogP contribution in [0.5, 0.6) is 0 Å². The zero-order valence-electron chi connectivity index (χ0n) is 15.2. The highest BCUT2D eigenvalue weighted by molar-refractivity contribution is 5.86. The predicted octanol–water partition coefficient (Wildman–Crippen LogP) is 1.22. The van der Waals surface area contributed by atoms with E-state index in [9.17, 15) is 14.4 Å². The average Bonchev–Trinajstić information content (AvgIpc) is 2.92. The lowest BCUT2D eigenvalue weighted by Crippen LogP contribution is -2.45. The van der Waals surface area contributed by atoms with Gasteiger partial charge in [0.05, 0.1) is 6.04 Å². The number of nitrogens with one attached hydrogen (secondary N) is 3. The lowest BCUT2D eigenvalue weighted by atomic mass is 10.0. The molecule has 0 spiro atoms. The van der Waals surface area contributed by atoms with Gasteiger partial charge in [-0.15, -0.1) is 0 Å². The van der Waals surface area contributed by atoms with E-state index in [0.717, 1.165) is 31.2 Å². The molecule has 7 heteroatoms. The molecule has 1 aliphatic heterocycles. The summed E-state index contributed by atoms with van der Waals surface area (Å²) in [4.78, 5) is 34.9. The molecule has 4 amide bonds. The Morgan fingerprint density at radius 3 is 2.50 bits per heavy atom. The molecular weight excluding hydrogens is 332 g/mol. The van der Waals surface area contributed by atoms with Gasteiger partial charge in [0.25, 0.3) is 0 Å². The van der Waals surface area contributed by atoms with Gasteiger partial charge in [0.15, 0.2) is 0 Å². The van der Waals surface area contributed by atoms with Crippen LogP contribution in [0.2, 0.25) is 0 Å². The molecule has 1 aromatic carbocycles. The molecule has 7 nitrogen and oxygen atoms in total. The van der Waals surface area contributed by atoms with Crippen molar-refractivity contribution in [3.63, 3.8) is 0 Å². The number of nitrogens with two attached hydrogens (primary N) is 1. The summed E-state index contributed by atoms with van der Waals surface area (Å²) in [5.74, 6) is -0.686. The molecule has 142 valence electrons. The zero-order valence-corrected chi connectivity index (χ0v) is 15.2. The highest BCUT2D eigenvalue weighted by Gasteiger charge is 2.26. The van der Waals surface area contributed by atoms with E-state index >= 15 is 0 Å². The summed E-state index contributed by atoms with van der Waals surface area (Å²) < 4.78 is 0. The SMILES string of the molecule is C[C@@H]1NC(=O)N[C@H]1CCCCCC(=O)N[C@@H](Cc1ccccc1)C(N)=O. The molecule has 0 saturated carbocycles. The minimum absolute atomic E-state index is 0.113. The maximum absolute atomic E-state index is 12.1. The van der Waals surface area contributed by atoms with Gasteiger partial charge in [-0.2, -0.15) is 0 Å². The van der Waals surface area contributed by atoms with Gasteiger partial charge in [-0.25, -0.2) is 4.79 Å². The van der Waals surface area contributed by atoms with Crippen LogP contribution in [-0.2, 0) is 16.0 Å². The summed E-state index contributed by atoms with van der Waals surface area (Å²) in [5.41, 5.74) is 6.37. The van der Waals surface area contributed by atoms with E-state index in [-0.39, 0.29) is 24.0 Å². The first-order valence-electron chi connectivity index (χ1n) is 9.15. The second kappa shape index (κ2) is 9.79. The van der Waals surface area contributed by atoms with Gasteiger partial charge in [-0.05, 0) is 25.3 Å². The minimum atomic E-state index is -0.689. The number of unbranched alkanes of at least 4 members (excludes halogenated alkanes) is 2. The topological polar surface area (TPSA) is 113 Å². The molecule has 1 aromatic rings. The Labute approximate surface area is 154 Å². The Morgan fingerprint density at radius 2 is 1.88 bits per heavy atom. The number of urea groups is 1. The Morgan fingerprint density at radius 1 is 1.15 bits per heavy atom. The molecule has 1 aliphatic rings. The highest BCUT2D eigenvalue weighted by atomic mass is 16.2. The lowest BCUT2D eigenvalue weighted by Gasteiger charge is -2.16. The van der Waals surface area contributed by atoms with Gasteiger partial charge in [0.1, 0.15) is 6.04 Å². The number of benzene rings is 1. The van der Waals surface area contributed by atoms with Crippen molar-refractivity contribution in [1.82, 2.24) is 16.0 Å². The van der Waals surface area contributed by atoms with Crippen LogP contribution in [-0.4, -0.2) is 36.0 Å². The molecule has 0 aliphatic carbocycles. The zero-order chi connectivity index (χ0) is 18.9. The molecule has 1 heterocycles. The Bertz CT molecular complexity index is 620. The van der Waals surface area contributed by atoms with E-state index in [4.69, 9.17) is 5.73 Å². The van der Waals surface area contributed by atoms with Crippen molar-refractivity contribution < 1.29 is 14.4 Å². The lowest BCUT2D eigenvalue weighted by molar-refractivity contribution is -0.127. The summed E-state index contributed by atoms with van der Waals surface area (Å²) in [6, 6.07) is 8.97. The van der Waals surface area contributed by atoms with Crippen molar-refractivity contribution >= 4 is 17.8 Å². The molecule has 2 rings (SSSR count). The number of primary amides is 1. The van der Waals surface area contributed by atoms with E-state index in [1.165, 1.54) is 0 Å². The third kappa shape index (κ3) is 6.38. The number of hydrogen-bond acceptors (Lipinski definition) is 3. The fraction of sp³-hybridized carbons (Fsp3) is 0.526. The molecule has 0 aromatic heterocycles. The van der Waals surface area contributed by atoms with E-state index in [1.807, 2.05) is 37.3 Å². The molecule has 26 heavy (non-hydrogen) atoms. The number of rotatable bonds is 10. The summed E-state index contributed by atoms with van der Waals surface area (Å²) >= 11 is 0. The Hall–Kier alpha value is -2.57. The third-order valence-electron chi connectivity index (χ3n) is 4.66. The van der Waals surface area contributed by atoms with Gasteiger partial charge in [0, 0.05) is 18.9 Å². The predicted molar refractivity (Wildman–Crippen MR) is 99.3 cm³/mol. The number of amides is 4. The molecule has 0 radical (unpaired) electrons. The van der Waals surface area contributed by atoms with E-state index in [2.05, 4.69) is 16.0 Å². The summed E-state index contributed by atoms with van der Waals surface area (Å²) in [6.45, 7) is 1.98. The quantitative estimate of drug-likeness (QED) is 0.470. The maximum atomic E-state index is 12.1. The Balaban J connectivity index is 1.65. The van der Waals surface area contributed by atoms with Crippen molar-refractivity contribution in [3.8, 4) is 0 Å². The first-order chi connectivity index (χ1) is 12.5. The summed E-state index contributed by atoms with van der Waals surface area (Å²) in [7, 11) is 0. The van der Waals surface area contributed by atoms with Crippen LogP contribution < -0.4 is 21.7 Å². The van der Waals surface area contributed by atoms with Crippen LogP contribution in [0.1, 0.15) is 44.6 Å². The van der Waals surface area contributed by atoms with Crippen LogP contribution in [0.3, 0.4) is 0 Å². The fourth-order valence-corrected chi connectivity index (χ4v) is 3.13. The van der Waals surface area contributed by atoms with E-state index in [1.54, 1.807) is 0 Å². The maximum Gasteiger partial charge on any atom is 0.315 e. The van der Waals surface area contributed by atoms with Crippen LogP contribution in [0.4, 0.5) is 4.79 Å². The normalized spacial score (nSPS) is 20.1. The monoisotopic (exact) mass is 360 g/mol. The van der Waals surface area contributed by atoms with Gasteiger partial charge >= 0.3 is 6.03 Å². The second-order valence-corrected chi connectivity index (χ2v) is 6.82. The molecule has 0 unspecified atom stereocenters. The van der Waals surface area contributed by atoms with Crippen LogP contribution >= 0.6 is 0 Å². The summed E-state index contributed by atoms with van der Waals surface area (Å²) in [5, 5.41) is 8.43.